The number of para-hydroxylation sites is 1. The smallest absolute Gasteiger partial charge is 0.312 e. The average Bonchev–Trinajstić information content (AvgIpc) is 3.32. The molecule has 156 valence electrons. The van der Waals surface area contributed by atoms with Gasteiger partial charge in [-0.3, -0.25) is 14.4 Å². The van der Waals surface area contributed by atoms with E-state index in [1.807, 2.05) is 0 Å². The molecule has 5 atom stereocenters. The zero-order valence-corrected chi connectivity index (χ0v) is 16.7. The number of ether oxygens (including phenoxy) is 2. The van der Waals surface area contributed by atoms with Crippen molar-refractivity contribution in [3.8, 4) is 0 Å². The molecule has 2 N–H and O–H groups in total. The average molecular weight is 423 g/mol. The van der Waals surface area contributed by atoms with Crippen LogP contribution in [-0.2, 0) is 23.9 Å². The molecule has 0 aliphatic carbocycles. The number of carbonyl (C=O) groups is 3. The summed E-state index contributed by atoms with van der Waals surface area (Å²) in [6.45, 7) is 1.57. The van der Waals surface area contributed by atoms with Gasteiger partial charge in [0, 0.05) is 6.54 Å². The van der Waals surface area contributed by atoms with Crippen LogP contribution in [0.3, 0.4) is 0 Å². The molecule has 3 aliphatic heterocycles. The first-order chi connectivity index (χ1) is 13.9. The molecule has 29 heavy (non-hydrogen) atoms. The maximum Gasteiger partial charge on any atom is 0.312 e. The lowest BCUT2D eigenvalue weighted by molar-refractivity contribution is -0.154. The number of hydrogen-bond donors (Lipinski definition) is 2. The van der Waals surface area contributed by atoms with Crippen molar-refractivity contribution in [3.63, 3.8) is 0 Å². The lowest BCUT2D eigenvalue weighted by atomic mass is 9.71. The molecule has 0 aromatic heterocycles. The highest BCUT2D eigenvalue weighted by Crippen LogP contribution is 2.58. The number of likely N-dealkylation sites (tertiary alicyclic amines) is 1. The lowest BCUT2D eigenvalue weighted by Crippen LogP contribution is -2.53. The van der Waals surface area contributed by atoms with E-state index in [9.17, 15) is 19.5 Å². The summed E-state index contributed by atoms with van der Waals surface area (Å²) in [6, 6.07) is 5.83. The Morgan fingerprint density at radius 2 is 2.17 bits per heavy atom. The number of aliphatic hydroxyl groups is 1. The summed E-state index contributed by atoms with van der Waals surface area (Å²) in [5.41, 5.74) is -0.690. The number of β-amino-alcohol motifs (C(OH)–C–C–N with tert-alkyl or cyclic N) is 1. The van der Waals surface area contributed by atoms with Gasteiger partial charge in [0.25, 0.3) is 0 Å². The van der Waals surface area contributed by atoms with Crippen LogP contribution in [0.4, 0.5) is 5.69 Å². The molecule has 8 nitrogen and oxygen atoms in total. The van der Waals surface area contributed by atoms with Crippen LogP contribution in [0.2, 0.25) is 5.02 Å². The molecule has 2 unspecified atom stereocenters. The predicted octanol–water partition coefficient (Wildman–Crippen LogP) is 1.21. The summed E-state index contributed by atoms with van der Waals surface area (Å²) < 4.78 is 11.4. The third-order valence-corrected chi connectivity index (χ3v) is 6.41. The molecule has 3 heterocycles. The van der Waals surface area contributed by atoms with Gasteiger partial charge >= 0.3 is 5.97 Å². The highest BCUT2D eigenvalue weighted by molar-refractivity contribution is 6.33. The van der Waals surface area contributed by atoms with Gasteiger partial charge < -0.3 is 24.8 Å². The van der Waals surface area contributed by atoms with E-state index < -0.39 is 41.5 Å². The summed E-state index contributed by atoms with van der Waals surface area (Å²) in [5.74, 6) is -2.83. The first kappa shape index (κ1) is 20.1. The van der Waals surface area contributed by atoms with Crippen LogP contribution in [0.25, 0.3) is 0 Å². The maximum absolute atomic E-state index is 13.3. The third-order valence-electron chi connectivity index (χ3n) is 6.08. The number of benzene rings is 1. The van der Waals surface area contributed by atoms with Crippen LogP contribution in [0, 0.1) is 11.8 Å². The standard InChI is InChI=1S/C20H23ClN2O6/c1-2-28-19(27)14-13-7-8-20(29-13)15(14)18(26)23(9-10-24)16(20)17(25)22-12-6-4-3-5-11(12)21/h3-6,13-16,24H,2,7-10H2,1H3,(H,22,25)/t13-,14+,15-,16?,20?/m0/s1. The normalized spacial score (nSPS) is 32.4. The Morgan fingerprint density at radius 1 is 1.41 bits per heavy atom. The molecule has 3 aliphatic rings. The molecule has 1 aromatic carbocycles. The van der Waals surface area contributed by atoms with E-state index in [0.717, 1.165) is 0 Å². The van der Waals surface area contributed by atoms with E-state index in [1.165, 1.54) is 4.90 Å². The van der Waals surface area contributed by atoms with Crippen LogP contribution in [0.15, 0.2) is 24.3 Å². The van der Waals surface area contributed by atoms with Gasteiger partial charge in [0.1, 0.15) is 11.6 Å². The molecule has 9 heteroatoms. The molecule has 3 saturated heterocycles. The molecule has 3 fully saturated rings. The number of aliphatic hydroxyl groups excluding tert-OH is 1. The van der Waals surface area contributed by atoms with Crippen LogP contribution in [0.5, 0.6) is 0 Å². The Bertz CT molecular complexity index is 848. The second-order valence-electron chi connectivity index (χ2n) is 7.53. The minimum absolute atomic E-state index is 0.0265. The van der Waals surface area contributed by atoms with Gasteiger partial charge in [0.15, 0.2) is 0 Å². The number of carbonyl (C=O) groups excluding carboxylic acids is 3. The molecular formula is C20H23ClN2O6. The van der Waals surface area contributed by atoms with Gasteiger partial charge in [-0.2, -0.15) is 0 Å². The molecule has 2 bridgehead atoms. The number of nitrogens with one attached hydrogen (secondary N) is 1. The second kappa shape index (κ2) is 7.59. The quantitative estimate of drug-likeness (QED) is 0.667. The Labute approximate surface area is 173 Å². The molecule has 4 rings (SSSR count). The molecular weight excluding hydrogens is 400 g/mol. The van der Waals surface area contributed by atoms with Gasteiger partial charge in [0.2, 0.25) is 11.8 Å². The van der Waals surface area contributed by atoms with E-state index in [1.54, 1.807) is 31.2 Å². The van der Waals surface area contributed by atoms with Gasteiger partial charge in [-0.15, -0.1) is 0 Å². The molecule has 1 spiro atoms. The maximum atomic E-state index is 13.3. The van der Waals surface area contributed by atoms with Crippen LogP contribution >= 0.6 is 11.6 Å². The van der Waals surface area contributed by atoms with Crippen molar-refractivity contribution in [1.82, 2.24) is 4.90 Å². The number of hydrogen-bond acceptors (Lipinski definition) is 6. The first-order valence-corrected chi connectivity index (χ1v) is 10.1. The van der Waals surface area contributed by atoms with Crippen LogP contribution < -0.4 is 5.32 Å². The Hall–Kier alpha value is -2.16. The van der Waals surface area contributed by atoms with Gasteiger partial charge in [0.05, 0.1) is 41.9 Å². The number of anilines is 1. The monoisotopic (exact) mass is 422 g/mol. The van der Waals surface area contributed by atoms with Crippen molar-refractivity contribution in [2.24, 2.45) is 11.8 Å². The second-order valence-corrected chi connectivity index (χ2v) is 7.94. The highest BCUT2D eigenvalue weighted by atomic mass is 35.5. The number of fused-ring (bicyclic) bond motifs is 1. The SMILES string of the molecule is CCOC(=O)[C@@H]1[C@@H]2CCC3(O2)C(C(=O)Nc2ccccc2Cl)N(CCO)C(=O)[C@H]13. The molecule has 2 amide bonds. The zero-order chi connectivity index (χ0) is 20.8. The van der Waals surface area contributed by atoms with Gasteiger partial charge in [-0.05, 0) is 31.9 Å². The van der Waals surface area contributed by atoms with E-state index in [0.29, 0.717) is 23.6 Å². The Balaban J connectivity index is 1.69. The largest absolute Gasteiger partial charge is 0.466 e. The van der Waals surface area contributed by atoms with E-state index in [-0.39, 0.29) is 25.7 Å². The zero-order valence-electron chi connectivity index (χ0n) is 16.0. The number of nitrogens with zero attached hydrogens (tertiary/aromatic N) is 1. The summed E-state index contributed by atoms with van der Waals surface area (Å²) in [4.78, 5) is 40.4. The van der Waals surface area contributed by atoms with Crippen molar-refractivity contribution in [1.29, 1.82) is 0 Å². The van der Waals surface area contributed by atoms with Crippen molar-refractivity contribution in [3.05, 3.63) is 29.3 Å². The highest BCUT2D eigenvalue weighted by Gasteiger charge is 2.74. The minimum atomic E-state index is -1.11. The van der Waals surface area contributed by atoms with Crippen LogP contribution in [0.1, 0.15) is 19.8 Å². The van der Waals surface area contributed by atoms with Crippen LogP contribution in [-0.4, -0.2) is 65.3 Å². The number of halogens is 1. The fourth-order valence-electron chi connectivity index (χ4n) is 5.07. The first-order valence-electron chi connectivity index (χ1n) is 9.75. The summed E-state index contributed by atoms with van der Waals surface area (Å²) in [5, 5.41) is 12.6. The minimum Gasteiger partial charge on any atom is -0.466 e. The predicted molar refractivity (Wildman–Crippen MR) is 103 cm³/mol. The number of amides is 2. The van der Waals surface area contributed by atoms with E-state index in [4.69, 9.17) is 21.1 Å². The fraction of sp³-hybridized carbons (Fsp3) is 0.550. The molecule has 1 aromatic rings. The summed E-state index contributed by atoms with van der Waals surface area (Å²) in [6.07, 6.45) is 0.595. The molecule has 0 saturated carbocycles. The topological polar surface area (TPSA) is 105 Å². The van der Waals surface area contributed by atoms with E-state index >= 15 is 0 Å². The van der Waals surface area contributed by atoms with E-state index in [2.05, 4.69) is 5.32 Å². The van der Waals surface area contributed by atoms with Gasteiger partial charge in [-0.25, -0.2) is 0 Å². The lowest BCUT2D eigenvalue weighted by Gasteiger charge is -2.33. The van der Waals surface area contributed by atoms with Crippen molar-refractivity contribution < 1.29 is 29.0 Å². The Morgan fingerprint density at radius 3 is 2.86 bits per heavy atom. The molecule has 0 radical (unpaired) electrons. The summed E-state index contributed by atoms with van der Waals surface area (Å²) in [7, 11) is 0. The number of esters is 1. The summed E-state index contributed by atoms with van der Waals surface area (Å²) >= 11 is 6.16. The third kappa shape index (κ3) is 3.01. The fourth-order valence-corrected chi connectivity index (χ4v) is 5.25. The number of rotatable bonds is 6. The Kier molecular flexibility index (Phi) is 5.27. The van der Waals surface area contributed by atoms with Crippen molar-refractivity contribution in [2.45, 2.75) is 37.5 Å². The van der Waals surface area contributed by atoms with Crippen molar-refractivity contribution >= 4 is 35.1 Å². The van der Waals surface area contributed by atoms with Gasteiger partial charge in [-0.1, -0.05) is 23.7 Å². The van der Waals surface area contributed by atoms with Crippen molar-refractivity contribution in [2.75, 3.05) is 25.1 Å².